The zero-order valence-electron chi connectivity index (χ0n) is 21.8. The molecule has 0 unspecified atom stereocenters. The van der Waals surface area contributed by atoms with E-state index in [9.17, 15) is 14.5 Å². The zero-order chi connectivity index (χ0) is 26.9. The van der Waals surface area contributed by atoms with Crippen molar-refractivity contribution in [2.75, 3.05) is 13.2 Å². The molecule has 0 fully saturated rings. The molecule has 0 saturated carbocycles. The molecule has 3 aromatic carbocycles. The van der Waals surface area contributed by atoms with E-state index in [2.05, 4.69) is 10.6 Å². The number of aliphatic hydroxyl groups is 1. The van der Waals surface area contributed by atoms with Gasteiger partial charge in [-0.3, -0.25) is 19.2 Å². The summed E-state index contributed by atoms with van der Waals surface area (Å²) in [7, 11) is -4.07. The number of benzene rings is 3. The van der Waals surface area contributed by atoms with Crippen molar-refractivity contribution in [1.82, 2.24) is 10.6 Å². The molecule has 0 aliphatic carbocycles. The lowest BCUT2D eigenvalue weighted by molar-refractivity contribution is 0.142. The highest BCUT2D eigenvalue weighted by molar-refractivity contribution is 7.71. The zero-order valence-corrected chi connectivity index (χ0v) is 22.7. The standard InChI is InChI=1S/C29H37N2O5P/c1-22(2)35-37(34,36-23(3)4)28(33)30-20-27(21-32)31-29(24-14-8-5-9-15-24,25-16-10-6-11-17-25)26-18-12-7-13-19-26/h5-19,22-23,27,31-32H,20-21H2,1-4H3,(H,30,33)/t27-/m0/s1. The minimum Gasteiger partial charge on any atom is -0.395 e. The van der Waals surface area contributed by atoms with Gasteiger partial charge in [0.25, 0.3) is 0 Å². The summed E-state index contributed by atoms with van der Waals surface area (Å²) in [5.74, 6) is 0. The van der Waals surface area contributed by atoms with Crippen molar-refractivity contribution < 1.29 is 23.5 Å². The Morgan fingerprint density at radius 2 is 1.16 bits per heavy atom. The summed E-state index contributed by atoms with van der Waals surface area (Å²) in [5, 5.41) is 16.7. The van der Waals surface area contributed by atoms with Crippen LogP contribution in [-0.2, 0) is 19.2 Å². The molecule has 0 aromatic heterocycles. The van der Waals surface area contributed by atoms with E-state index in [0.717, 1.165) is 16.7 Å². The van der Waals surface area contributed by atoms with Gasteiger partial charge in [-0.2, -0.15) is 0 Å². The number of aliphatic hydroxyl groups excluding tert-OH is 1. The molecule has 0 bridgehead atoms. The first-order chi connectivity index (χ1) is 17.7. The Balaban J connectivity index is 1.98. The van der Waals surface area contributed by atoms with Crippen LogP contribution in [0.3, 0.4) is 0 Å². The van der Waals surface area contributed by atoms with Crippen LogP contribution in [0.2, 0.25) is 0 Å². The molecule has 0 aliphatic heterocycles. The quantitative estimate of drug-likeness (QED) is 0.197. The summed E-state index contributed by atoms with van der Waals surface area (Å²) in [4.78, 5) is 13.0. The molecular formula is C29H37N2O5P. The van der Waals surface area contributed by atoms with Crippen LogP contribution < -0.4 is 10.6 Å². The minimum atomic E-state index is -4.07. The SMILES string of the molecule is CC(C)OP(=O)(OC(C)C)C(=O)NC[C@@H](CO)NC(c1ccccc1)(c1ccccc1)c1ccccc1. The van der Waals surface area contributed by atoms with Gasteiger partial charge >= 0.3 is 13.2 Å². The predicted molar refractivity (Wildman–Crippen MR) is 147 cm³/mol. The van der Waals surface area contributed by atoms with Gasteiger partial charge in [-0.05, 0) is 44.4 Å². The van der Waals surface area contributed by atoms with Crippen LogP contribution in [0.25, 0.3) is 0 Å². The highest BCUT2D eigenvalue weighted by atomic mass is 31.2. The second-order valence-corrected chi connectivity index (χ2v) is 11.2. The largest absolute Gasteiger partial charge is 0.418 e. The predicted octanol–water partition coefficient (Wildman–Crippen LogP) is 5.68. The lowest BCUT2D eigenvalue weighted by Gasteiger charge is -2.40. The Kier molecular flexibility index (Phi) is 10.2. The second kappa shape index (κ2) is 13.1. The summed E-state index contributed by atoms with van der Waals surface area (Å²) in [6.45, 7) is 6.47. The number of rotatable bonds is 13. The van der Waals surface area contributed by atoms with Crippen LogP contribution in [-0.4, -0.2) is 42.2 Å². The number of hydrogen-bond donors (Lipinski definition) is 3. The van der Waals surface area contributed by atoms with Crippen molar-refractivity contribution in [2.45, 2.75) is 51.5 Å². The van der Waals surface area contributed by atoms with E-state index in [4.69, 9.17) is 9.05 Å². The molecule has 37 heavy (non-hydrogen) atoms. The van der Waals surface area contributed by atoms with Gasteiger partial charge in [0.2, 0.25) is 0 Å². The maximum atomic E-state index is 13.2. The van der Waals surface area contributed by atoms with E-state index in [1.54, 1.807) is 27.7 Å². The van der Waals surface area contributed by atoms with E-state index < -0.39 is 37.0 Å². The fraction of sp³-hybridized carbons (Fsp3) is 0.345. The van der Waals surface area contributed by atoms with E-state index in [0.29, 0.717) is 0 Å². The van der Waals surface area contributed by atoms with Gasteiger partial charge in [0.05, 0.1) is 24.4 Å². The normalized spacial score (nSPS) is 13.1. The molecule has 1 amide bonds. The molecule has 0 heterocycles. The molecule has 0 aliphatic rings. The Labute approximate surface area is 219 Å². The van der Waals surface area contributed by atoms with Crippen LogP contribution in [0.4, 0.5) is 4.79 Å². The van der Waals surface area contributed by atoms with E-state index in [1.165, 1.54) is 0 Å². The van der Waals surface area contributed by atoms with Crippen molar-refractivity contribution in [3.05, 3.63) is 108 Å². The van der Waals surface area contributed by atoms with Gasteiger partial charge < -0.3 is 10.4 Å². The van der Waals surface area contributed by atoms with Crippen molar-refractivity contribution in [3.8, 4) is 0 Å². The summed E-state index contributed by atoms with van der Waals surface area (Å²) < 4.78 is 24.1. The topological polar surface area (TPSA) is 96.9 Å². The van der Waals surface area contributed by atoms with E-state index >= 15 is 0 Å². The molecule has 198 valence electrons. The van der Waals surface area contributed by atoms with Gasteiger partial charge in [-0.1, -0.05) is 91.0 Å². The maximum Gasteiger partial charge on any atom is 0.418 e. The Morgan fingerprint density at radius 1 is 0.784 bits per heavy atom. The fourth-order valence-corrected chi connectivity index (χ4v) is 5.90. The molecule has 0 spiro atoms. The van der Waals surface area contributed by atoms with Crippen molar-refractivity contribution >= 4 is 13.2 Å². The monoisotopic (exact) mass is 524 g/mol. The van der Waals surface area contributed by atoms with Gasteiger partial charge in [0.1, 0.15) is 0 Å². The molecule has 3 aromatic rings. The Hall–Kier alpha value is -2.80. The van der Waals surface area contributed by atoms with Crippen LogP contribution in [0.5, 0.6) is 0 Å². The van der Waals surface area contributed by atoms with Crippen molar-refractivity contribution in [3.63, 3.8) is 0 Å². The van der Waals surface area contributed by atoms with Gasteiger partial charge in [-0.15, -0.1) is 0 Å². The Morgan fingerprint density at radius 3 is 1.49 bits per heavy atom. The van der Waals surface area contributed by atoms with Gasteiger partial charge in [0.15, 0.2) is 0 Å². The third-order valence-corrected chi connectivity index (χ3v) is 7.76. The second-order valence-electron chi connectivity index (χ2n) is 9.36. The lowest BCUT2D eigenvalue weighted by Crippen LogP contribution is -2.54. The molecule has 0 saturated heterocycles. The van der Waals surface area contributed by atoms with Gasteiger partial charge in [-0.25, -0.2) is 4.57 Å². The molecule has 0 radical (unpaired) electrons. The lowest BCUT2D eigenvalue weighted by atomic mass is 9.76. The maximum absolute atomic E-state index is 13.2. The van der Waals surface area contributed by atoms with Crippen LogP contribution in [0.1, 0.15) is 44.4 Å². The minimum absolute atomic E-state index is 0.00349. The molecule has 1 atom stereocenters. The number of carbonyl (C=O) groups excluding carboxylic acids is 1. The van der Waals surface area contributed by atoms with Crippen LogP contribution >= 0.6 is 7.60 Å². The number of hydrogen-bond acceptors (Lipinski definition) is 6. The number of carbonyl (C=O) groups is 1. The first-order valence-electron chi connectivity index (χ1n) is 12.5. The van der Waals surface area contributed by atoms with E-state index in [-0.39, 0.29) is 13.2 Å². The van der Waals surface area contributed by atoms with Crippen LogP contribution in [0.15, 0.2) is 91.0 Å². The first-order valence-corrected chi connectivity index (χ1v) is 14.1. The summed E-state index contributed by atoms with van der Waals surface area (Å²) in [6.07, 6.45) is -0.937. The fourth-order valence-electron chi connectivity index (χ4n) is 4.26. The highest BCUT2D eigenvalue weighted by Gasteiger charge is 2.40. The molecule has 7 nitrogen and oxygen atoms in total. The molecule has 3 N–H and O–H groups in total. The third-order valence-electron chi connectivity index (χ3n) is 5.71. The third kappa shape index (κ3) is 7.16. The van der Waals surface area contributed by atoms with Crippen LogP contribution in [0, 0.1) is 0 Å². The van der Waals surface area contributed by atoms with Crippen molar-refractivity contribution in [1.29, 1.82) is 0 Å². The first kappa shape index (κ1) is 28.8. The molecule has 3 rings (SSSR count). The van der Waals surface area contributed by atoms with Crippen molar-refractivity contribution in [2.24, 2.45) is 0 Å². The molecule has 8 heteroatoms. The highest BCUT2D eigenvalue weighted by Crippen LogP contribution is 2.51. The molecular weight excluding hydrogens is 487 g/mol. The summed E-state index contributed by atoms with van der Waals surface area (Å²) >= 11 is 0. The Bertz CT molecular complexity index is 1050. The number of amides is 1. The average molecular weight is 525 g/mol. The average Bonchev–Trinajstić information content (AvgIpc) is 2.89. The summed E-state index contributed by atoms with van der Waals surface area (Å²) in [6, 6.07) is 29.2. The van der Waals surface area contributed by atoms with Gasteiger partial charge in [0, 0.05) is 12.6 Å². The smallest absolute Gasteiger partial charge is 0.395 e. The van der Waals surface area contributed by atoms with E-state index in [1.807, 2.05) is 91.0 Å². The number of nitrogens with one attached hydrogen (secondary N) is 2. The summed E-state index contributed by atoms with van der Waals surface area (Å²) in [5.41, 5.74) is 1.23.